The number of carbonyl (C=O) groups excluding carboxylic acids is 1. The van der Waals surface area contributed by atoms with E-state index in [1.165, 1.54) is 35.2 Å². The maximum atomic E-state index is 11.8. The van der Waals surface area contributed by atoms with Gasteiger partial charge in [-0.25, -0.2) is 0 Å². The third kappa shape index (κ3) is 5.61. The predicted molar refractivity (Wildman–Crippen MR) is 131 cm³/mol. The third-order valence-corrected chi connectivity index (χ3v) is 6.45. The van der Waals surface area contributed by atoms with Crippen LogP contribution in [0.5, 0.6) is 0 Å². The van der Waals surface area contributed by atoms with E-state index in [1.54, 1.807) is 7.05 Å². The van der Waals surface area contributed by atoms with Crippen LogP contribution in [0.15, 0.2) is 53.5 Å². The van der Waals surface area contributed by atoms with Gasteiger partial charge in [0.1, 0.15) is 0 Å². The summed E-state index contributed by atoms with van der Waals surface area (Å²) >= 11 is 0. The second-order valence-electron chi connectivity index (χ2n) is 8.82. The number of nitrogens with one attached hydrogen (secondary N) is 2. The molecule has 2 fully saturated rings. The third-order valence-electron chi connectivity index (χ3n) is 6.45. The molecule has 0 aliphatic carbocycles. The largest absolute Gasteiger partial charge is 0.372 e. The van der Waals surface area contributed by atoms with Crippen LogP contribution in [0.2, 0.25) is 0 Å². The molecule has 2 aromatic rings. The fourth-order valence-electron chi connectivity index (χ4n) is 4.49. The van der Waals surface area contributed by atoms with Crippen LogP contribution in [0.3, 0.4) is 0 Å². The van der Waals surface area contributed by atoms with Crippen molar-refractivity contribution in [1.29, 1.82) is 0 Å². The van der Waals surface area contributed by atoms with Gasteiger partial charge in [0, 0.05) is 51.9 Å². The highest BCUT2D eigenvalue weighted by molar-refractivity contribution is 5.80. The lowest BCUT2D eigenvalue weighted by Crippen LogP contribution is -2.38. The number of guanidine groups is 1. The fraction of sp³-hybridized carbons (Fsp3) is 0.462. The van der Waals surface area contributed by atoms with Gasteiger partial charge >= 0.3 is 0 Å². The van der Waals surface area contributed by atoms with Crippen molar-refractivity contribution in [3.05, 3.63) is 65.2 Å². The monoisotopic (exact) mass is 433 g/mol. The first kappa shape index (κ1) is 22.2. The minimum atomic E-state index is 0.157. The molecule has 0 spiro atoms. The Morgan fingerprint density at radius 2 is 1.78 bits per heavy atom. The average molecular weight is 434 g/mol. The van der Waals surface area contributed by atoms with Gasteiger partial charge < -0.3 is 20.4 Å². The van der Waals surface area contributed by atoms with E-state index in [0.29, 0.717) is 19.5 Å². The second-order valence-corrected chi connectivity index (χ2v) is 8.82. The molecule has 2 aliphatic rings. The Morgan fingerprint density at radius 1 is 1.03 bits per heavy atom. The molecule has 2 saturated heterocycles. The van der Waals surface area contributed by atoms with Gasteiger partial charge in [0.15, 0.2) is 5.96 Å². The van der Waals surface area contributed by atoms with Crippen LogP contribution >= 0.6 is 0 Å². The number of benzene rings is 2. The van der Waals surface area contributed by atoms with Crippen LogP contribution in [-0.2, 0) is 17.9 Å². The van der Waals surface area contributed by atoms with Gasteiger partial charge in [-0.15, -0.1) is 0 Å². The fourth-order valence-corrected chi connectivity index (χ4v) is 4.49. The molecule has 0 aromatic heterocycles. The summed E-state index contributed by atoms with van der Waals surface area (Å²) in [5, 5.41) is 6.93. The molecule has 6 nitrogen and oxygen atoms in total. The van der Waals surface area contributed by atoms with Crippen molar-refractivity contribution >= 4 is 17.6 Å². The molecule has 0 radical (unpaired) electrons. The molecule has 2 aromatic carbocycles. The van der Waals surface area contributed by atoms with E-state index in [2.05, 4.69) is 76.0 Å². The Balaban J connectivity index is 1.29. The SMILES string of the molecule is CN=C(NCc1ccc(CN2CCCC2=O)cc1)NC(C)c1cccc(N2CCCC2)c1. The van der Waals surface area contributed by atoms with Gasteiger partial charge in [-0.05, 0) is 55.0 Å². The summed E-state index contributed by atoms with van der Waals surface area (Å²) in [5.41, 5.74) is 4.94. The number of hydrogen-bond acceptors (Lipinski definition) is 3. The van der Waals surface area contributed by atoms with Gasteiger partial charge in [-0.3, -0.25) is 9.79 Å². The van der Waals surface area contributed by atoms with E-state index in [4.69, 9.17) is 0 Å². The van der Waals surface area contributed by atoms with E-state index >= 15 is 0 Å². The molecule has 1 amide bonds. The van der Waals surface area contributed by atoms with Gasteiger partial charge in [0.25, 0.3) is 0 Å². The first-order valence-electron chi connectivity index (χ1n) is 11.8. The van der Waals surface area contributed by atoms with Crippen LogP contribution in [0, 0.1) is 0 Å². The van der Waals surface area contributed by atoms with Crippen molar-refractivity contribution in [2.24, 2.45) is 4.99 Å². The molecule has 1 atom stereocenters. The van der Waals surface area contributed by atoms with Crippen LogP contribution in [0.25, 0.3) is 0 Å². The molecule has 2 heterocycles. The van der Waals surface area contributed by atoms with E-state index in [1.807, 2.05) is 4.90 Å². The van der Waals surface area contributed by atoms with Gasteiger partial charge in [-0.1, -0.05) is 36.4 Å². The maximum absolute atomic E-state index is 11.8. The molecule has 0 saturated carbocycles. The van der Waals surface area contributed by atoms with Gasteiger partial charge in [-0.2, -0.15) is 0 Å². The quantitative estimate of drug-likeness (QED) is 0.515. The highest BCUT2D eigenvalue weighted by Crippen LogP contribution is 2.24. The molecule has 32 heavy (non-hydrogen) atoms. The van der Waals surface area contributed by atoms with E-state index < -0.39 is 0 Å². The Labute approximate surface area is 191 Å². The minimum absolute atomic E-state index is 0.157. The van der Waals surface area contributed by atoms with Gasteiger partial charge in [0.2, 0.25) is 5.91 Å². The highest BCUT2D eigenvalue weighted by Gasteiger charge is 2.20. The molecule has 1 unspecified atom stereocenters. The summed E-state index contributed by atoms with van der Waals surface area (Å²) in [5.74, 6) is 1.06. The summed E-state index contributed by atoms with van der Waals surface area (Å²) in [4.78, 5) is 20.6. The predicted octanol–water partition coefficient (Wildman–Crippen LogP) is 3.84. The zero-order valence-corrected chi connectivity index (χ0v) is 19.3. The number of aliphatic imine (C=N–C) groups is 1. The van der Waals surface area contributed by atoms with E-state index in [-0.39, 0.29) is 11.9 Å². The summed E-state index contributed by atoms with van der Waals surface area (Å²) in [6.07, 6.45) is 4.24. The molecular formula is C26H35N5O. The summed E-state index contributed by atoms with van der Waals surface area (Å²) in [6, 6.07) is 17.5. The summed E-state index contributed by atoms with van der Waals surface area (Å²) < 4.78 is 0. The lowest BCUT2D eigenvalue weighted by molar-refractivity contribution is -0.128. The summed E-state index contributed by atoms with van der Waals surface area (Å²) in [7, 11) is 1.80. The Morgan fingerprint density at radius 3 is 2.47 bits per heavy atom. The standard InChI is InChI=1S/C26H35N5O/c1-20(23-7-5-8-24(17-23)30-14-3-4-15-30)29-26(27-2)28-18-21-10-12-22(13-11-21)19-31-16-6-9-25(31)32/h5,7-8,10-13,17,20H,3-4,6,9,14-16,18-19H2,1-2H3,(H2,27,28,29). The number of anilines is 1. The van der Waals surface area contributed by atoms with Crippen molar-refractivity contribution < 1.29 is 4.79 Å². The normalized spacial score (nSPS) is 17.7. The molecule has 170 valence electrons. The molecular weight excluding hydrogens is 398 g/mol. The van der Waals surface area contributed by atoms with Crippen LogP contribution in [-0.4, -0.2) is 43.4 Å². The zero-order chi connectivity index (χ0) is 22.3. The molecule has 2 aliphatic heterocycles. The zero-order valence-electron chi connectivity index (χ0n) is 19.3. The topological polar surface area (TPSA) is 60.0 Å². The lowest BCUT2D eigenvalue weighted by Gasteiger charge is -2.22. The van der Waals surface area contributed by atoms with Crippen molar-refractivity contribution in [2.45, 2.75) is 51.7 Å². The van der Waals surface area contributed by atoms with Crippen molar-refractivity contribution in [1.82, 2.24) is 15.5 Å². The van der Waals surface area contributed by atoms with Gasteiger partial charge in [0.05, 0.1) is 6.04 Å². The average Bonchev–Trinajstić information content (AvgIpc) is 3.50. The second kappa shape index (κ2) is 10.5. The number of amides is 1. The number of carbonyl (C=O) groups is 1. The minimum Gasteiger partial charge on any atom is -0.372 e. The Hall–Kier alpha value is -3.02. The van der Waals surface area contributed by atoms with Crippen molar-refractivity contribution in [3.63, 3.8) is 0 Å². The van der Waals surface area contributed by atoms with Crippen LogP contribution in [0.4, 0.5) is 5.69 Å². The van der Waals surface area contributed by atoms with Crippen molar-refractivity contribution in [2.75, 3.05) is 31.6 Å². The van der Waals surface area contributed by atoms with E-state index in [0.717, 1.165) is 32.0 Å². The van der Waals surface area contributed by atoms with E-state index in [9.17, 15) is 4.79 Å². The summed E-state index contributed by atoms with van der Waals surface area (Å²) in [6.45, 7) is 6.77. The first-order valence-corrected chi connectivity index (χ1v) is 11.8. The lowest BCUT2D eigenvalue weighted by atomic mass is 10.1. The highest BCUT2D eigenvalue weighted by atomic mass is 16.2. The van der Waals surface area contributed by atoms with Crippen LogP contribution < -0.4 is 15.5 Å². The Bertz CT molecular complexity index is 933. The number of rotatable bonds is 7. The molecule has 2 N–H and O–H groups in total. The van der Waals surface area contributed by atoms with Crippen molar-refractivity contribution in [3.8, 4) is 0 Å². The molecule has 6 heteroatoms. The molecule has 0 bridgehead atoms. The Kier molecular flexibility index (Phi) is 7.30. The number of hydrogen-bond donors (Lipinski definition) is 2. The van der Waals surface area contributed by atoms with Crippen LogP contribution in [0.1, 0.15) is 55.3 Å². The number of nitrogens with zero attached hydrogens (tertiary/aromatic N) is 3. The number of likely N-dealkylation sites (tertiary alicyclic amines) is 1. The molecule has 4 rings (SSSR count). The first-order chi connectivity index (χ1) is 15.6. The maximum Gasteiger partial charge on any atom is 0.222 e. The smallest absolute Gasteiger partial charge is 0.222 e.